The summed E-state index contributed by atoms with van der Waals surface area (Å²) in [4.78, 5) is 19.3. The lowest BCUT2D eigenvalue weighted by Gasteiger charge is -2.31. The van der Waals surface area contributed by atoms with Gasteiger partial charge < -0.3 is 9.47 Å². The van der Waals surface area contributed by atoms with E-state index in [-0.39, 0.29) is 5.56 Å². The van der Waals surface area contributed by atoms with E-state index in [0.717, 1.165) is 49.6 Å². The van der Waals surface area contributed by atoms with Gasteiger partial charge in [-0.05, 0) is 50.7 Å². The van der Waals surface area contributed by atoms with E-state index in [1.54, 1.807) is 6.20 Å². The fourth-order valence-electron chi connectivity index (χ4n) is 3.88. The zero-order valence-electron chi connectivity index (χ0n) is 15.5. The van der Waals surface area contributed by atoms with Crippen molar-refractivity contribution in [1.82, 2.24) is 29.4 Å². The zero-order valence-corrected chi connectivity index (χ0v) is 15.5. The zero-order chi connectivity index (χ0) is 18.4. The van der Waals surface area contributed by atoms with Crippen molar-refractivity contribution in [3.05, 3.63) is 46.4 Å². The highest BCUT2D eigenvalue weighted by Gasteiger charge is 2.28. The summed E-state index contributed by atoms with van der Waals surface area (Å²) in [6.07, 6.45) is 7.85. The third-order valence-corrected chi connectivity index (χ3v) is 5.63. The Morgan fingerprint density at radius 2 is 1.93 bits per heavy atom. The predicted octanol–water partition coefficient (Wildman–Crippen LogP) is 1.78. The highest BCUT2D eigenvalue weighted by molar-refractivity contribution is 5.39. The maximum absolute atomic E-state index is 12.8. The molecule has 0 spiro atoms. The van der Waals surface area contributed by atoms with E-state index < -0.39 is 0 Å². The molecule has 2 fully saturated rings. The van der Waals surface area contributed by atoms with Crippen LogP contribution in [0.3, 0.4) is 0 Å². The summed E-state index contributed by atoms with van der Waals surface area (Å²) in [5.41, 5.74) is 1.77. The topological polar surface area (TPSA) is 81.2 Å². The molecular formula is C19H23N7O. The van der Waals surface area contributed by atoms with Crippen LogP contribution in [0.4, 0.5) is 5.82 Å². The third kappa shape index (κ3) is 3.09. The first-order valence-corrected chi connectivity index (χ1v) is 9.68. The van der Waals surface area contributed by atoms with Crippen LogP contribution in [-0.2, 0) is 6.54 Å². The van der Waals surface area contributed by atoms with Crippen LogP contribution in [0.2, 0.25) is 0 Å². The van der Waals surface area contributed by atoms with Crippen LogP contribution in [0.1, 0.15) is 43.1 Å². The molecule has 3 aromatic rings. The maximum atomic E-state index is 12.8. The van der Waals surface area contributed by atoms with Gasteiger partial charge in [0.05, 0.1) is 5.69 Å². The summed E-state index contributed by atoms with van der Waals surface area (Å²) in [5, 5.41) is 13.2. The first kappa shape index (κ1) is 16.4. The van der Waals surface area contributed by atoms with Gasteiger partial charge >= 0.3 is 0 Å². The van der Waals surface area contributed by atoms with Crippen LogP contribution in [0, 0.1) is 12.8 Å². The van der Waals surface area contributed by atoms with E-state index in [2.05, 4.69) is 25.2 Å². The average Bonchev–Trinajstić information content (AvgIpc) is 3.41. The number of hydrogen-bond donors (Lipinski definition) is 0. The molecule has 0 N–H and O–H groups in total. The van der Waals surface area contributed by atoms with Gasteiger partial charge in [-0.25, -0.2) is 4.98 Å². The second-order valence-corrected chi connectivity index (χ2v) is 7.72. The summed E-state index contributed by atoms with van der Waals surface area (Å²) in [5.74, 6) is 2.46. The molecule has 0 bridgehead atoms. The molecule has 140 valence electrons. The Morgan fingerprint density at radius 3 is 2.70 bits per heavy atom. The molecule has 8 heteroatoms. The van der Waals surface area contributed by atoms with E-state index >= 15 is 0 Å². The molecule has 5 rings (SSSR count). The van der Waals surface area contributed by atoms with Gasteiger partial charge in [-0.3, -0.25) is 4.79 Å². The minimum Gasteiger partial charge on any atom is -0.352 e. The largest absolute Gasteiger partial charge is 0.352 e. The molecule has 3 aromatic heterocycles. The maximum Gasteiger partial charge on any atom is 0.293 e. The lowest BCUT2D eigenvalue weighted by molar-refractivity contribution is 0.471. The van der Waals surface area contributed by atoms with Crippen LogP contribution < -0.4 is 10.5 Å². The first-order valence-electron chi connectivity index (χ1n) is 9.68. The lowest BCUT2D eigenvalue weighted by atomic mass is 9.96. The molecule has 8 nitrogen and oxygen atoms in total. The standard InChI is InChI=1S/C19H23N7O/c1-13-2-5-16-21-22-17(26(16)23-13)15-6-9-24(10-7-15)18-19(27)25(11-8-20-18)12-14-3-4-14/h2,5,8,11,14-15H,3-4,6-7,9-10,12H2,1H3. The van der Waals surface area contributed by atoms with Crippen molar-refractivity contribution in [2.24, 2.45) is 5.92 Å². The first-order chi connectivity index (χ1) is 13.2. The van der Waals surface area contributed by atoms with Gasteiger partial charge in [0.15, 0.2) is 17.3 Å². The molecule has 0 aromatic carbocycles. The third-order valence-electron chi connectivity index (χ3n) is 5.63. The van der Waals surface area contributed by atoms with Crippen LogP contribution in [0.15, 0.2) is 29.3 Å². The Hall–Kier alpha value is -2.77. The fraction of sp³-hybridized carbons (Fsp3) is 0.526. The Bertz CT molecular complexity index is 1030. The van der Waals surface area contributed by atoms with Gasteiger partial charge in [-0.15, -0.1) is 10.2 Å². The molecule has 4 heterocycles. The summed E-state index contributed by atoms with van der Waals surface area (Å²) in [6, 6.07) is 3.90. The van der Waals surface area contributed by atoms with Gasteiger partial charge in [0.25, 0.3) is 5.56 Å². The predicted molar refractivity (Wildman–Crippen MR) is 101 cm³/mol. The molecule has 1 saturated heterocycles. The Labute approximate surface area is 156 Å². The number of piperidine rings is 1. The molecule has 0 unspecified atom stereocenters. The fourth-order valence-corrected chi connectivity index (χ4v) is 3.88. The van der Waals surface area contributed by atoms with Crippen LogP contribution in [-0.4, -0.2) is 42.5 Å². The van der Waals surface area contributed by atoms with Gasteiger partial charge in [0, 0.05) is 37.9 Å². The average molecular weight is 365 g/mol. The Balaban J connectivity index is 1.34. The number of aromatic nitrogens is 6. The molecule has 2 aliphatic rings. The highest BCUT2D eigenvalue weighted by atomic mass is 16.1. The van der Waals surface area contributed by atoms with E-state index in [1.165, 1.54) is 12.8 Å². The Kier molecular flexibility index (Phi) is 3.91. The SMILES string of the molecule is Cc1ccc2nnc(C3CCN(c4nccn(CC5CC5)c4=O)CC3)n2n1. The summed E-state index contributed by atoms with van der Waals surface area (Å²) < 4.78 is 3.68. The van der Waals surface area contributed by atoms with Crippen molar-refractivity contribution in [3.8, 4) is 0 Å². The second-order valence-electron chi connectivity index (χ2n) is 7.72. The van der Waals surface area contributed by atoms with Crippen molar-refractivity contribution in [3.63, 3.8) is 0 Å². The number of hydrogen-bond acceptors (Lipinski definition) is 6. The molecule has 1 aliphatic heterocycles. The molecule has 1 aliphatic carbocycles. The smallest absolute Gasteiger partial charge is 0.293 e. The van der Waals surface area contributed by atoms with Gasteiger partial charge in [-0.1, -0.05) is 0 Å². The van der Waals surface area contributed by atoms with E-state index in [4.69, 9.17) is 0 Å². The minimum absolute atomic E-state index is 0.0352. The molecule has 0 radical (unpaired) electrons. The van der Waals surface area contributed by atoms with Gasteiger partial charge in [0.1, 0.15) is 0 Å². The minimum atomic E-state index is 0.0352. The molecule has 27 heavy (non-hydrogen) atoms. The van der Waals surface area contributed by atoms with Crippen LogP contribution in [0.25, 0.3) is 5.65 Å². The quantitative estimate of drug-likeness (QED) is 0.701. The lowest BCUT2D eigenvalue weighted by Crippen LogP contribution is -2.39. The monoisotopic (exact) mass is 365 g/mol. The van der Waals surface area contributed by atoms with Crippen LogP contribution in [0.5, 0.6) is 0 Å². The van der Waals surface area contributed by atoms with Crippen molar-refractivity contribution in [2.75, 3.05) is 18.0 Å². The van der Waals surface area contributed by atoms with Crippen molar-refractivity contribution in [1.29, 1.82) is 0 Å². The van der Waals surface area contributed by atoms with E-state index in [9.17, 15) is 4.79 Å². The van der Waals surface area contributed by atoms with Crippen molar-refractivity contribution in [2.45, 2.75) is 45.1 Å². The number of nitrogens with zero attached hydrogens (tertiary/aromatic N) is 7. The number of anilines is 1. The Morgan fingerprint density at radius 1 is 1.11 bits per heavy atom. The molecule has 0 atom stereocenters. The van der Waals surface area contributed by atoms with Gasteiger partial charge in [-0.2, -0.15) is 9.61 Å². The normalized spacial score (nSPS) is 18.3. The van der Waals surface area contributed by atoms with Gasteiger partial charge in [0.2, 0.25) is 0 Å². The molecular weight excluding hydrogens is 342 g/mol. The van der Waals surface area contributed by atoms with E-state index in [0.29, 0.717) is 17.7 Å². The highest BCUT2D eigenvalue weighted by Crippen LogP contribution is 2.30. The number of aryl methyl sites for hydroxylation is 1. The van der Waals surface area contributed by atoms with E-state index in [1.807, 2.05) is 34.3 Å². The summed E-state index contributed by atoms with van der Waals surface area (Å²) in [6.45, 7) is 4.38. The molecule has 1 saturated carbocycles. The second kappa shape index (κ2) is 6.44. The summed E-state index contributed by atoms with van der Waals surface area (Å²) in [7, 11) is 0. The van der Waals surface area contributed by atoms with Crippen molar-refractivity contribution >= 4 is 11.5 Å². The summed E-state index contributed by atoms with van der Waals surface area (Å²) >= 11 is 0. The number of rotatable bonds is 4. The van der Waals surface area contributed by atoms with Crippen molar-refractivity contribution < 1.29 is 0 Å². The molecule has 0 amide bonds. The van der Waals surface area contributed by atoms with Crippen LogP contribution >= 0.6 is 0 Å². The number of fused-ring (bicyclic) bond motifs is 1.